The molecule has 94 valence electrons. The van der Waals surface area contributed by atoms with E-state index in [-0.39, 0.29) is 0 Å². The molecule has 0 radical (unpaired) electrons. The van der Waals surface area contributed by atoms with Crippen LogP contribution in [0, 0.1) is 0 Å². The number of hydrogen-bond acceptors (Lipinski definition) is 4. The number of rotatable bonds is 6. The molecule has 2 aromatic heterocycles. The van der Waals surface area contributed by atoms with Crippen LogP contribution in [0.3, 0.4) is 0 Å². The number of carboxylic acids is 1. The standard InChI is InChI=1S/C13H12O3S2/c14-13(15)6-5-10-3-4-12(18-10)9-16-8-11-2-1-7-17-11/h1-7H,8-9H2,(H,14,15). The first-order valence-corrected chi connectivity index (χ1v) is 7.03. The van der Waals surface area contributed by atoms with Gasteiger partial charge in [0.15, 0.2) is 0 Å². The molecule has 0 spiro atoms. The molecular weight excluding hydrogens is 268 g/mol. The predicted molar refractivity (Wildman–Crippen MR) is 73.8 cm³/mol. The Morgan fingerprint density at radius 1 is 1.28 bits per heavy atom. The summed E-state index contributed by atoms with van der Waals surface area (Å²) in [5, 5.41) is 10.5. The van der Waals surface area contributed by atoms with Gasteiger partial charge in [-0.2, -0.15) is 0 Å². The summed E-state index contributed by atoms with van der Waals surface area (Å²) in [7, 11) is 0. The lowest BCUT2D eigenvalue weighted by molar-refractivity contribution is -0.131. The molecule has 18 heavy (non-hydrogen) atoms. The van der Waals surface area contributed by atoms with E-state index >= 15 is 0 Å². The van der Waals surface area contributed by atoms with Gasteiger partial charge in [-0.15, -0.1) is 22.7 Å². The number of aliphatic carboxylic acids is 1. The van der Waals surface area contributed by atoms with Crippen LogP contribution in [0.5, 0.6) is 0 Å². The third-order valence-electron chi connectivity index (χ3n) is 2.14. The minimum atomic E-state index is -0.932. The van der Waals surface area contributed by atoms with Crippen molar-refractivity contribution in [2.45, 2.75) is 13.2 Å². The monoisotopic (exact) mass is 280 g/mol. The van der Waals surface area contributed by atoms with Crippen molar-refractivity contribution >= 4 is 34.7 Å². The van der Waals surface area contributed by atoms with Crippen LogP contribution in [0.25, 0.3) is 6.08 Å². The maximum atomic E-state index is 10.4. The first-order valence-electron chi connectivity index (χ1n) is 5.34. The fourth-order valence-corrected chi connectivity index (χ4v) is 2.86. The molecule has 0 saturated carbocycles. The lowest BCUT2D eigenvalue weighted by Gasteiger charge is -1.99. The summed E-state index contributed by atoms with van der Waals surface area (Å²) in [6, 6.07) is 7.90. The average molecular weight is 280 g/mol. The van der Waals surface area contributed by atoms with Crippen LogP contribution in [0.2, 0.25) is 0 Å². The Hall–Kier alpha value is -1.43. The largest absolute Gasteiger partial charge is 0.478 e. The highest BCUT2D eigenvalue weighted by molar-refractivity contribution is 7.12. The Labute approximate surface area is 113 Å². The van der Waals surface area contributed by atoms with Crippen LogP contribution in [0.4, 0.5) is 0 Å². The van der Waals surface area contributed by atoms with Gasteiger partial charge in [-0.1, -0.05) is 6.07 Å². The Bertz CT molecular complexity index is 526. The van der Waals surface area contributed by atoms with E-state index in [4.69, 9.17) is 9.84 Å². The zero-order valence-electron chi connectivity index (χ0n) is 9.54. The Morgan fingerprint density at radius 3 is 2.83 bits per heavy atom. The quantitative estimate of drug-likeness (QED) is 0.822. The molecule has 0 aliphatic carbocycles. The van der Waals surface area contributed by atoms with Crippen LogP contribution in [-0.2, 0) is 22.7 Å². The topological polar surface area (TPSA) is 46.5 Å². The first-order chi connectivity index (χ1) is 8.74. The van der Waals surface area contributed by atoms with Gasteiger partial charge in [0, 0.05) is 20.7 Å². The van der Waals surface area contributed by atoms with Gasteiger partial charge < -0.3 is 9.84 Å². The van der Waals surface area contributed by atoms with Crippen LogP contribution in [0.1, 0.15) is 14.6 Å². The second kappa shape index (κ2) is 6.49. The maximum Gasteiger partial charge on any atom is 0.328 e. The molecule has 0 bridgehead atoms. The number of hydrogen-bond donors (Lipinski definition) is 1. The van der Waals surface area contributed by atoms with Gasteiger partial charge in [0.25, 0.3) is 0 Å². The lowest BCUT2D eigenvalue weighted by atomic mass is 10.4. The van der Waals surface area contributed by atoms with Gasteiger partial charge in [-0.05, 0) is 29.7 Å². The summed E-state index contributed by atoms with van der Waals surface area (Å²) in [5.74, 6) is -0.932. The lowest BCUT2D eigenvalue weighted by Crippen LogP contribution is -1.89. The van der Waals surface area contributed by atoms with Crippen molar-refractivity contribution < 1.29 is 14.6 Å². The predicted octanol–water partition coefficient (Wildman–Crippen LogP) is 3.62. The summed E-state index contributed by atoms with van der Waals surface area (Å²) < 4.78 is 5.58. The van der Waals surface area contributed by atoms with Crippen molar-refractivity contribution in [2.75, 3.05) is 0 Å². The third kappa shape index (κ3) is 4.10. The minimum Gasteiger partial charge on any atom is -0.478 e. The van der Waals surface area contributed by atoms with Crippen molar-refractivity contribution in [1.29, 1.82) is 0 Å². The summed E-state index contributed by atoms with van der Waals surface area (Å²) in [6.45, 7) is 1.18. The molecule has 0 saturated heterocycles. The highest BCUT2D eigenvalue weighted by Gasteiger charge is 2.00. The summed E-state index contributed by atoms with van der Waals surface area (Å²) in [5.41, 5.74) is 0. The summed E-state index contributed by atoms with van der Waals surface area (Å²) in [4.78, 5) is 13.6. The number of thiophene rings is 2. The Balaban J connectivity index is 1.81. The van der Waals surface area contributed by atoms with Gasteiger partial charge >= 0.3 is 5.97 Å². The molecular formula is C13H12O3S2. The molecule has 3 nitrogen and oxygen atoms in total. The molecule has 2 rings (SSSR count). The van der Waals surface area contributed by atoms with Gasteiger partial charge in [0.05, 0.1) is 13.2 Å². The second-order valence-electron chi connectivity index (χ2n) is 3.55. The highest BCUT2D eigenvalue weighted by Crippen LogP contribution is 2.19. The van der Waals surface area contributed by atoms with E-state index in [0.29, 0.717) is 13.2 Å². The van der Waals surface area contributed by atoms with E-state index in [0.717, 1.165) is 15.8 Å². The Kier molecular flexibility index (Phi) is 4.69. The number of carbonyl (C=O) groups is 1. The average Bonchev–Trinajstić information content (AvgIpc) is 2.97. The van der Waals surface area contributed by atoms with Gasteiger partial charge in [-0.3, -0.25) is 0 Å². The molecule has 0 unspecified atom stereocenters. The zero-order chi connectivity index (χ0) is 12.8. The second-order valence-corrected chi connectivity index (χ2v) is 5.78. The molecule has 2 aromatic rings. The van der Waals surface area contributed by atoms with E-state index in [9.17, 15) is 4.79 Å². The van der Waals surface area contributed by atoms with E-state index in [1.165, 1.54) is 4.88 Å². The van der Waals surface area contributed by atoms with Crippen molar-refractivity contribution in [3.05, 3.63) is 50.4 Å². The maximum absolute atomic E-state index is 10.4. The highest BCUT2D eigenvalue weighted by atomic mass is 32.1. The fraction of sp³-hybridized carbons (Fsp3) is 0.154. The van der Waals surface area contributed by atoms with Gasteiger partial charge in [0.2, 0.25) is 0 Å². The van der Waals surface area contributed by atoms with E-state index < -0.39 is 5.97 Å². The summed E-state index contributed by atoms with van der Waals surface area (Å²) in [6.07, 6.45) is 2.73. The van der Waals surface area contributed by atoms with Crippen LogP contribution < -0.4 is 0 Å². The van der Waals surface area contributed by atoms with Crippen molar-refractivity contribution in [3.63, 3.8) is 0 Å². The molecule has 0 aromatic carbocycles. The first kappa shape index (κ1) is 13.0. The van der Waals surface area contributed by atoms with E-state index in [1.807, 2.05) is 29.6 Å². The van der Waals surface area contributed by atoms with Gasteiger partial charge in [-0.25, -0.2) is 4.79 Å². The SMILES string of the molecule is O=C(O)C=Cc1ccc(COCc2cccs2)s1. The van der Waals surface area contributed by atoms with Crippen LogP contribution >= 0.6 is 22.7 Å². The molecule has 0 fully saturated rings. The van der Waals surface area contributed by atoms with Crippen molar-refractivity contribution in [2.24, 2.45) is 0 Å². The van der Waals surface area contributed by atoms with E-state index in [2.05, 4.69) is 0 Å². The van der Waals surface area contributed by atoms with Crippen LogP contribution in [0.15, 0.2) is 35.7 Å². The normalized spacial score (nSPS) is 11.1. The zero-order valence-corrected chi connectivity index (χ0v) is 11.2. The molecule has 0 atom stereocenters. The Morgan fingerprint density at radius 2 is 2.11 bits per heavy atom. The molecule has 0 amide bonds. The molecule has 0 aliphatic heterocycles. The van der Waals surface area contributed by atoms with Gasteiger partial charge in [0.1, 0.15) is 0 Å². The van der Waals surface area contributed by atoms with Crippen molar-refractivity contribution in [3.8, 4) is 0 Å². The molecule has 0 aliphatic rings. The number of carboxylic acid groups (broad SMARTS) is 1. The molecule has 1 N–H and O–H groups in total. The minimum absolute atomic E-state index is 0.559. The smallest absolute Gasteiger partial charge is 0.328 e. The van der Waals surface area contributed by atoms with Crippen LogP contribution in [-0.4, -0.2) is 11.1 Å². The van der Waals surface area contributed by atoms with E-state index in [1.54, 1.807) is 28.7 Å². The molecule has 5 heteroatoms. The fourth-order valence-electron chi connectivity index (χ4n) is 1.36. The van der Waals surface area contributed by atoms with Crippen molar-refractivity contribution in [1.82, 2.24) is 0 Å². The third-order valence-corrected chi connectivity index (χ3v) is 4.02. The summed E-state index contributed by atoms with van der Waals surface area (Å²) >= 11 is 3.22. The number of ether oxygens (including phenoxy) is 1. The molecule has 2 heterocycles.